The predicted molar refractivity (Wildman–Crippen MR) is 65.6 cm³/mol. The summed E-state index contributed by atoms with van der Waals surface area (Å²) < 4.78 is 15.2. The number of hydrogen-bond donors (Lipinski definition) is 1. The molecule has 2 aromatic heterocycles. The van der Waals surface area contributed by atoms with Crippen molar-refractivity contribution in [3.05, 3.63) is 24.2 Å². The highest BCUT2D eigenvalue weighted by Crippen LogP contribution is 2.24. The molecule has 0 bridgehead atoms. The second-order valence-corrected chi connectivity index (χ2v) is 3.74. The molecule has 0 amide bonds. The number of rotatable bonds is 7. The molecular weight excluding hydrogens is 250 g/mol. The lowest BCUT2D eigenvalue weighted by Crippen LogP contribution is -2.05. The Kier molecular flexibility index (Phi) is 4.82. The summed E-state index contributed by atoms with van der Waals surface area (Å²) in [4.78, 5) is 8.14. The van der Waals surface area contributed by atoms with Crippen LogP contribution in [-0.2, 0) is 15.9 Å². The molecule has 0 fully saturated rings. The van der Waals surface area contributed by atoms with Gasteiger partial charge >= 0.3 is 0 Å². The minimum atomic E-state index is 0.00837. The monoisotopic (exact) mass is 265 g/mol. The average molecular weight is 265 g/mol. The Morgan fingerprint density at radius 1 is 1.32 bits per heavy atom. The van der Waals surface area contributed by atoms with Gasteiger partial charge in [0.25, 0.3) is 5.89 Å². The molecular formula is C12H15N3O4. The summed E-state index contributed by atoms with van der Waals surface area (Å²) >= 11 is 0. The molecule has 0 saturated heterocycles. The summed E-state index contributed by atoms with van der Waals surface area (Å²) in [6, 6.07) is 3.14. The van der Waals surface area contributed by atoms with Gasteiger partial charge in [0.15, 0.2) is 11.5 Å². The first-order valence-corrected chi connectivity index (χ1v) is 5.85. The van der Waals surface area contributed by atoms with Gasteiger partial charge in [-0.1, -0.05) is 5.16 Å². The van der Waals surface area contributed by atoms with Gasteiger partial charge in [-0.05, 0) is 12.1 Å². The molecule has 2 heterocycles. The number of aromatic nitrogens is 3. The van der Waals surface area contributed by atoms with Crippen molar-refractivity contribution in [1.82, 2.24) is 15.1 Å². The van der Waals surface area contributed by atoms with Crippen LogP contribution in [0.15, 0.2) is 22.9 Å². The van der Waals surface area contributed by atoms with Crippen molar-refractivity contribution in [1.29, 1.82) is 0 Å². The van der Waals surface area contributed by atoms with Crippen LogP contribution in [0, 0.1) is 0 Å². The maximum atomic E-state index is 9.62. The fourth-order valence-electron chi connectivity index (χ4n) is 1.42. The van der Waals surface area contributed by atoms with Gasteiger partial charge in [0, 0.05) is 19.7 Å². The van der Waals surface area contributed by atoms with E-state index in [0.29, 0.717) is 32.1 Å². The molecule has 0 radical (unpaired) electrons. The van der Waals surface area contributed by atoms with E-state index in [0.717, 1.165) is 0 Å². The topological polar surface area (TPSA) is 90.5 Å². The van der Waals surface area contributed by atoms with E-state index in [1.54, 1.807) is 19.4 Å². The molecule has 1 N–H and O–H groups in total. The summed E-state index contributed by atoms with van der Waals surface area (Å²) in [5, 5.41) is 13.4. The van der Waals surface area contributed by atoms with Gasteiger partial charge in [0.05, 0.1) is 19.8 Å². The number of methoxy groups -OCH3 is 1. The van der Waals surface area contributed by atoms with Crippen LogP contribution < -0.4 is 0 Å². The molecule has 102 valence electrons. The first kappa shape index (κ1) is 13.4. The molecule has 0 aliphatic carbocycles. The van der Waals surface area contributed by atoms with Gasteiger partial charge in [-0.2, -0.15) is 4.98 Å². The smallest absolute Gasteiger partial charge is 0.280 e. The number of nitrogens with zero attached hydrogens (tertiary/aromatic N) is 3. The van der Waals surface area contributed by atoms with E-state index >= 15 is 0 Å². The number of hydrogen-bond acceptors (Lipinski definition) is 7. The Morgan fingerprint density at radius 3 is 3.00 bits per heavy atom. The van der Waals surface area contributed by atoms with Gasteiger partial charge in [-0.3, -0.25) is 0 Å². The van der Waals surface area contributed by atoms with Crippen molar-refractivity contribution in [3.8, 4) is 17.3 Å². The third-order valence-corrected chi connectivity index (χ3v) is 2.36. The summed E-state index contributed by atoms with van der Waals surface area (Å²) in [5.41, 5.74) is 0.279. The van der Waals surface area contributed by atoms with Gasteiger partial charge in [-0.15, -0.1) is 0 Å². The van der Waals surface area contributed by atoms with Crippen molar-refractivity contribution in [2.75, 3.05) is 26.9 Å². The lowest BCUT2D eigenvalue weighted by Gasteiger charge is -2.00. The average Bonchev–Trinajstić information content (AvgIpc) is 2.88. The van der Waals surface area contributed by atoms with Gasteiger partial charge in [0.1, 0.15) is 5.75 Å². The van der Waals surface area contributed by atoms with Crippen LogP contribution in [0.4, 0.5) is 0 Å². The number of pyridine rings is 1. The fourth-order valence-corrected chi connectivity index (χ4v) is 1.42. The van der Waals surface area contributed by atoms with E-state index in [4.69, 9.17) is 14.0 Å². The maximum absolute atomic E-state index is 9.62. The molecule has 0 spiro atoms. The van der Waals surface area contributed by atoms with Crippen LogP contribution >= 0.6 is 0 Å². The number of ether oxygens (including phenoxy) is 2. The third-order valence-electron chi connectivity index (χ3n) is 2.36. The van der Waals surface area contributed by atoms with E-state index < -0.39 is 0 Å². The van der Waals surface area contributed by atoms with Gasteiger partial charge < -0.3 is 19.1 Å². The van der Waals surface area contributed by atoms with Gasteiger partial charge in [-0.25, -0.2) is 4.98 Å². The zero-order valence-electron chi connectivity index (χ0n) is 10.6. The SMILES string of the molecule is COCCOCCc1noc(-c2ncccc2O)n1. The molecule has 2 rings (SSSR count). The number of aromatic hydroxyl groups is 1. The van der Waals surface area contributed by atoms with Crippen LogP contribution in [0.5, 0.6) is 5.75 Å². The van der Waals surface area contributed by atoms with E-state index in [1.165, 1.54) is 6.07 Å². The van der Waals surface area contributed by atoms with Crippen molar-refractivity contribution in [2.45, 2.75) is 6.42 Å². The fraction of sp³-hybridized carbons (Fsp3) is 0.417. The highest BCUT2D eigenvalue weighted by atomic mass is 16.5. The molecule has 0 atom stereocenters. The summed E-state index contributed by atoms with van der Waals surface area (Å²) in [6.45, 7) is 1.57. The van der Waals surface area contributed by atoms with Crippen molar-refractivity contribution in [2.24, 2.45) is 0 Å². The Balaban J connectivity index is 1.91. The minimum absolute atomic E-state index is 0.00837. The maximum Gasteiger partial charge on any atom is 0.280 e. The van der Waals surface area contributed by atoms with E-state index in [1.807, 2.05) is 0 Å². The van der Waals surface area contributed by atoms with Crippen LogP contribution in [0.3, 0.4) is 0 Å². The van der Waals surface area contributed by atoms with Crippen LogP contribution in [0.1, 0.15) is 5.82 Å². The molecule has 2 aromatic rings. The van der Waals surface area contributed by atoms with Crippen molar-refractivity contribution < 1.29 is 19.1 Å². The Hall–Kier alpha value is -1.99. The van der Waals surface area contributed by atoms with Crippen LogP contribution in [0.25, 0.3) is 11.6 Å². The third kappa shape index (κ3) is 3.73. The Labute approximate surface area is 110 Å². The van der Waals surface area contributed by atoms with Crippen LogP contribution in [0.2, 0.25) is 0 Å². The summed E-state index contributed by atoms with van der Waals surface area (Å²) in [7, 11) is 1.62. The standard InChI is InChI=1S/C12H15N3O4/c1-17-7-8-18-6-4-10-14-12(19-15-10)11-9(16)3-2-5-13-11/h2-3,5,16H,4,6-8H2,1H3. The van der Waals surface area contributed by atoms with Crippen molar-refractivity contribution in [3.63, 3.8) is 0 Å². The Bertz CT molecular complexity index is 515. The minimum Gasteiger partial charge on any atom is -0.505 e. The van der Waals surface area contributed by atoms with E-state index in [2.05, 4.69) is 15.1 Å². The van der Waals surface area contributed by atoms with Crippen molar-refractivity contribution >= 4 is 0 Å². The first-order valence-electron chi connectivity index (χ1n) is 5.85. The summed E-state index contributed by atoms with van der Waals surface area (Å²) in [5.74, 6) is 0.719. The molecule has 7 heteroatoms. The quantitative estimate of drug-likeness (QED) is 0.748. The molecule has 0 aromatic carbocycles. The molecule has 0 unspecified atom stereocenters. The van der Waals surface area contributed by atoms with E-state index in [-0.39, 0.29) is 17.3 Å². The molecule has 0 aliphatic heterocycles. The molecule has 0 saturated carbocycles. The zero-order valence-corrected chi connectivity index (χ0v) is 10.6. The molecule has 7 nitrogen and oxygen atoms in total. The Morgan fingerprint density at radius 2 is 2.21 bits per heavy atom. The van der Waals surface area contributed by atoms with E-state index in [9.17, 15) is 5.11 Å². The lowest BCUT2D eigenvalue weighted by atomic mass is 10.3. The predicted octanol–water partition coefficient (Wildman–Crippen LogP) is 1.04. The van der Waals surface area contributed by atoms with Crippen LogP contribution in [-0.4, -0.2) is 47.2 Å². The second kappa shape index (κ2) is 6.81. The summed E-state index contributed by atoms with van der Waals surface area (Å²) in [6.07, 6.45) is 2.08. The largest absolute Gasteiger partial charge is 0.505 e. The van der Waals surface area contributed by atoms with Gasteiger partial charge in [0.2, 0.25) is 0 Å². The highest BCUT2D eigenvalue weighted by Gasteiger charge is 2.13. The highest BCUT2D eigenvalue weighted by molar-refractivity contribution is 5.55. The molecule has 19 heavy (non-hydrogen) atoms. The second-order valence-electron chi connectivity index (χ2n) is 3.74. The lowest BCUT2D eigenvalue weighted by molar-refractivity contribution is 0.0714. The molecule has 0 aliphatic rings. The normalized spacial score (nSPS) is 10.8. The zero-order chi connectivity index (χ0) is 13.5. The first-order chi connectivity index (χ1) is 9.31.